The lowest BCUT2D eigenvalue weighted by Crippen LogP contribution is -2.45. The van der Waals surface area contributed by atoms with Crippen LogP contribution in [0.5, 0.6) is 23.0 Å². The Bertz CT molecular complexity index is 3780. The minimum atomic E-state index is -1.28. The van der Waals surface area contributed by atoms with Gasteiger partial charge in [-0.3, -0.25) is 75.6 Å². The van der Waals surface area contributed by atoms with E-state index < -0.39 is 77.1 Å². The molecule has 0 heterocycles. The summed E-state index contributed by atoms with van der Waals surface area (Å²) >= 11 is 0. The molecule has 39 heteroatoms. The average Bonchev–Trinajstić information content (AvgIpc) is 0.834. The van der Waals surface area contributed by atoms with E-state index in [1.54, 1.807) is 0 Å². The van der Waals surface area contributed by atoms with E-state index in [1.807, 2.05) is 0 Å². The molecule has 0 saturated carbocycles. The van der Waals surface area contributed by atoms with Crippen LogP contribution in [0.4, 0.5) is 22.7 Å². The number of unbranched alkanes of at least 4 members (excludes halogenated alkanes) is 1. The molecular formula is C67H100N26O13. The van der Waals surface area contributed by atoms with Gasteiger partial charge in [0.05, 0.1) is 50.1 Å². The van der Waals surface area contributed by atoms with E-state index >= 15 is 0 Å². The van der Waals surface area contributed by atoms with Gasteiger partial charge in [0, 0.05) is 74.2 Å². The highest BCUT2D eigenvalue weighted by atomic mass is 16.5. The van der Waals surface area contributed by atoms with E-state index in [4.69, 9.17) is 91.5 Å². The van der Waals surface area contributed by atoms with Crippen LogP contribution >= 0.6 is 0 Å². The minimum Gasteiger partial charge on any atom is -0.496 e. The van der Waals surface area contributed by atoms with Crippen molar-refractivity contribution in [3.8, 4) is 23.0 Å². The maximum Gasteiger partial charge on any atom is 0.255 e. The van der Waals surface area contributed by atoms with Crippen molar-refractivity contribution >= 4 is 112 Å². The summed E-state index contributed by atoms with van der Waals surface area (Å²) in [4.78, 5) is 125. The quantitative estimate of drug-likeness (QED) is 0.0119. The predicted molar refractivity (Wildman–Crippen MR) is 400 cm³/mol. The van der Waals surface area contributed by atoms with Crippen LogP contribution in [-0.4, -0.2) is 174 Å². The van der Waals surface area contributed by atoms with Crippen molar-refractivity contribution < 1.29 is 62.1 Å². The Kier molecular flexibility index (Phi) is 36.5. The van der Waals surface area contributed by atoms with Gasteiger partial charge in [0.2, 0.25) is 29.5 Å². The van der Waals surface area contributed by atoms with Crippen LogP contribution in [0.1, 0.15) is 131 Å². The van der Waals surface area contributed by atoms with Gasteiger partial charge in [-0.1, -0.05) is 0 Å². The lowest BCUT2D eigenvalue weighted by Gasteiger charge is -2.21. The van der Waals surface area contributed by atoms with Crippen molar-refractivity contribution in [3.05, 3.63) is 95.1 Å². The summed E-state index contributed by atoms with van der Waals surface area (Å²) in [5.74, 6) is -7.94. The standard InChI is InChI=1S/C67H100N26O13/c1-103-50-22-18-38(88-60(101)47(14-9-29-84-65(75)76)92-58(99)45-36-41(20-24-52(45)105-3)90-59(100)46(13-8-28-83-64(73)74)91-54(95)17-4-5-26-81-62(69)70)33-42(50)49(94)16-6-11-37(12-7-27-82-63(71)72)56(97)87-40-19-23-51(104-2)44(35-40)57(98)93-48(15-10-30-85-66(77)78)61(102)89-39-21-25-53(43(34-39)55(68)96)106-32-31-86-67(79)80/h18-25,33-37,46-48H,4-17,26-32H2,1-3H3,(H2,68,96)(H,87,97)(H,88,101)(H,89,102)(H,90,100)(H,91,95)(H,92,99)(H,93,98)(H4,69,70,81)(H4,71,72,82)(H4,73,74,83)(H4,75,76,84)(H4,77,78,85)(H4,79,80,86)/t37-,46-,47-,48-/m1/s1. The number of nitrogens with two attached hydrogens (primary N) is 7. The average molecular weight is 1480 g/mol. The second kappa shape index (κ2) is 45.2. The molecule has 0 fully saturated rings. The molecule has 0 radical (unpaired) electrons. The minimum absolute atomic E-state index is 0.00661. The first-order chi connectivity index (χ1) is 50.5. The molecule has 106 heavy (non-hydrogen) atoms. The van der Waals surface area contributed by atoms with Gasteiger partial charge in [0.25, 0.3) is 17.7 Å². The van der Waals surface area contributed by atoms with Crippen molar-refractivity contribution in [1.82, 2.24) is 47.9 Å². The summed E-state index contributed by atoms with van der Waals surface area (Å²) < 4.78 is 22.3. The second-order valence-corrected chi connectivity index (χ2v) is 23.9. The molecule has 8 amide bonds. The molecule has 0 aliphatic carbocycles. The molecule has 4 rings (SSSR count). The third kappa shape index (κ3) is 31.2. The van der Waals surface area contributed by atoms with E-state index in [1.165, 1.54) is 94.1 Å². The van der Waals surface area contributed by atoms with Crippen molar-refractivity contribution in [2.75, 3.05) is 88.5 Å². The highest BCUT2D eigenvalue weighted by Gasteiger charge is 2.29. The summed E-state index contributed by atoms with van der Waals surface area (Å²) in [6.45, 7) is 1.27. The zero-order valence-corrected chi connectivity index (χ0v) is 59.4. The zero-order chi connectivity index (χ0) is 78.3. The third-order valence-corrected chi connectivity index (χ3v) is 15.7. The highest BCUT2D eigenvalue weighted by molar-refractivity contribution is 6.07. The van der Waals surface area contributed by atoms with Gasteiger partial charge in [0.1, 0.15) is 47.7 Å². The van der Waals surface area contributed by atoms with Crippen LogP contribution in [0.15, 0.2) is 72.8 Å². The molecule has 33 N–H and O–H groups in total. The number of anilines is 4. The van der Waals surface area contributed by atoms with Gasteiger partial charge in [-0.05, 0) is 150 Å². The number of methoxy groups -OCH3 is 3. The van der Waals surface area contributed by atoms with Gasteiger partial charge in [-0.15, -0.1) is 0 Å². The fourth-order valence-electron chi connectivity index (χ4n) is 10.5. The number of nitrogens with one attached hydrogen (secondary N) is 19. The number of Topliss-reactive ketones (excluding diaryl/α,β-unsaturated/α-hetero) is 1. The molecule has 0 aliphatic rings. The van der Waals surface area contributed by atoms with Crippen molar-refractivity contribution in [3.63, 3.8) is 0 Å². The first-order valence-corrected chi connectivity index (χ1v) is 33.8. The van der Waals surface area contributed by atoms with Crippen molar-refractivity contribution in [1.29, 1.82) is 32.5 Å². The predicted octanol–water partition coefficient (Wildman–Crippen LogP) is -0.115. The number of guanidine groups is 6. The van der Waals surface area contributed by atoms with E-state index in [9.17, 15) is 43.2 Å². The SMILES string of the molecule is COc1ccc(NC(=O)[C@@H](CCCNC(=N)N)NC(=O)c2cc(NC(=O)[C@@H](CCCNC(=N)N)NC(=O)CCCCNC(=N)N)ccc2OC)cc1C(=O)CCC[C@H](CCCNC(=N)N)C(=O)Nc1ccc(OC)c(C(=O)N[C@H](CCCNC(=N)N)C(=O)Nc2ccc(OCCNC(=N)N)c(C(N)=O)c2)c1. The Morgan fingerprint density at radius 1 is 0.358 bits per heavy atom. The lowest BCUT2D eigenvalue weighted by atomic mass is 9.93. The van der Waals surface area contributed by atoms with E-state index in [0.717, 1.165) is 0 Å². The zero-order valence-electron chi connectivity index (χ0n) is 59.4. The molecule has 0 bridgehead atoms. The number of benzene rings is 4. The number of carbonyl (C=O) groups is 9. The van der Waals surface area contributed by atoms with Crippen LogP contribution in [0.25, 0.3) is 0 Å². The van der Waals surface area contributed by atoms with Gasteiger partial charge in [-0.2, -0.15) is 0 Å². The lowest BCUT2D eigenvalue weighted by molar-refractivity contribution is -0.126. The molecule has 0 spiro atoms. The Morgan fingerprint density at radius 3 is 1.08 bits per heavy atom. The van der Waals surface area contributed by atoms with Gasteiger partial charge in [-0.25, -0.2) is 0 Å². The molecule has 0 saturated heterocycles. The first-order valence-electron chi connectivity index (χ1n) is 33.8. The largest absolute Gasteiger partial charge is 0.496 e. The number of amides is 8. The molecule has 4 atom stereocenters. The fraction of sp³-hybridized carbons (Fsp3) is 0.418. The van der Waals surface area contributed by atoms with Crippen LogP contribution in [0.3, 0.4) is 0 Å². The monoisotopic (exact) mass is 1480 g/mol. The molecule has 4 aromatic rings. The maximum atomic E-state index is 14.3. The van der Waals surface area contributed by atoms with Gasteiger partial charge in [0.15, 0.2) is 41.5 Å². The topological polar surface area (TPSA) is 672 Å². The van der Waals surface area contributed by atoms with Gasteiger partial charge >= 0.3 is 0 Å². The first kappa shape index (κ1) is 85.5. The summed E-state index contributed by atoms with van der Waals surface area (Å²) in [6.07, 6.45) is 2.69. The smallest absolute Gasteiger partial charge is 0.255 e. The van der Waals surface area contributed by atoms with Crippen LogP contribution in [0, 0.1) is 38.4 Å². The number of ketones is 1. The molecule has 39 nitrogen and oxygen atoms in total. The molecule has 0 aromatic heterocycles. The van der Waals surface area contributed by atoms with Gasteiger partial charge < -0.3 is 128 Å². The number of primary amides is 1. The summed E-state index contributed by atoms with van der Waals surface area (Å²) in [5.41, 5.74) is 38.6. The van der Waals surface area contributed by atoms with Crippen LogP contribution in [0.2, 0.25) is 0 Å². The van der Waals surface area contributed by atoms with E-state index in [0.29, 0.717) is 32.2 Å². The van der Waals surface area contributed by atoms with Crippen molar-refractivity contribution in [2.24, 2.45) is 46.1 Å². The van der Waals surface area contributed by atoms with Crippen LogP contribution in [-0.2, 0) is 24.0 Å². The Morgan fingerprint density at radius 2 is 0.689 bits per heavy atom. The number of rotatable bonds is 47. The normalized spacial score (nSPS) is 11.7. The van der Waals surface area contributed by atoms with Crippen molar-refractivity contribution in [2.45, 2.75) is 108 Å². The maximum absolute atomic E-state index is 14.3. The Balaban J connectivity index is 1.54. The number of ether oxygens (including phenoxy) is 4. The molecular weight excluding hydrogens is 1380 g/mol. The summed E-state index contributed by atoms with van der Waals surface area (Å²) in [5, 5.41) is 80.1. The molecule has 0 unspecified atom stereocenters. The summed E-state index contributed by atoms with van der Waals surface area (Å²) in [7, 11) is 3.99. The Hall–Kier alpha value is -12.9. The Labute approximate surface area is 612 Å². The number of hydrogen-bond donors (Lipinski definition) is 26. The van der Waals surface area contributed by atoms with E-state index in [2.05, 4.69) is 69.1 Å². The highest BCUT2D eigenvalue weighted by Crippen LogP contribution is 2.30. The third-order valence-electron chi connectivity index (χ3n) is 15.7. The molecule has 4 aromatic carbocycles. The van der Waals surface area contributed by atoms with Crippen LogP contribution < -0.4 is 128 Å². The fourth-order valence-corrected chi connectivity index (χ4v) is 10.5. The molecule has 576 valence electrons. The summed E-state index contributed by atoms with van der Waals surface area (Å²) in [6, 6.07) is 13.4. The number of carbonyl (C=O) groups excluding carboxylic acids is 9. The molecule has 0 aliphatic heterocycles. The van der Waals surface area contributed by atoms with E-state index in [-0.39, 0.29) is 207 Å². The number of hydrogen-bond acceptors (Lipinski definition) is 19. The second-order valence-electron chi connectivity index (χ2n) is 23.9.